The van der Waals surface area contributed by atoms with Gasteiger partial charge in [-0.2, -0.15) is 0 Å². The highest BCUT2D eigenvalue weighted by molar-refractivity contribution is 5.90. The first kappa shape index (κ1) is 12.3. The molecule has 3 rings (SSSR count). The highest BCUT2D eigenvalue weighted by atomic mass is 16.6. The topological polar surface area (TPSA) is 53.0 Å². The molecule has 2 aliphatic rings. The van der Waals surface area contributed by atoms with Crippen LogP contribution in [-0.4, -0.2) is 48.4 Å². The Morgan fingerprint density at radius 2 is 2.00 bits per heavy atom. The quantitative estimate of drug-likeness (QED) is 0.838. The molecule has 1 atom stereocenters. The van der Waals surface area contributed by atoms with Crippen molar-refractivity contribution < 1.29 is 14.6 Å². The fourth-order valence-corrected chi connectivity index (χ4v) is 2.94. The van der Waals surface area contributed by atoms with E-state index in [1.807, 2.05) is 7.05 Å². The van der Waals surface area contributed by atoms with E-state index in [-0.39, 0.29) is 17.4 Å². The van der Waals surface area contributed by atoms with Crippen molar-refractivity contribution in [1.29, 1.82) is 0 Å². The first-order chi connectivity index (χ1) is 9.10. The fraction of sp³-hybridized carbons (Fsp3) is 0.500. The predicted octanol–water partition coefficient (Wildman–Crippen LogP) is 1.81. The van der Waals surface area contributed by atoms with E-state index in [0.29, 0.717) is 12.2 Å². The summed E-state index contributed by atoms with van der Waals surface area (Å²) in [6, 6.07) is 6.85. The molecule has 2 saturated heterocycles. The standard InChI is InChI=1S/C14H18N2O3/c1-15-8-6-14(10-15)7-9-16(13(18)19-14)11-4-2-3-5-12(11)17/h2-5,17H,6-10H2,1H3. The van der Waals surface area contributed by atoms with Gasteiger partial charge in [-0.15, -0.1) is 0 Å². The van der Waals surface area contributed by atoms with E-state index < -0.39 is 0 Å². The number of rotatable bonds is 1. The number of carbonyl (C=O) groups is 1. The molecular formula is C14H18N2O3. The van der Waals surface area contributed by atoms with Crippen molar-refractivity contribution in [3.05, 3.63) is 24.3 Å². The van der Waals surface area contributed by atoms with Crippen LogP contribution in [0.1, 0.15) is 12.8 Å². The van der Waals surface area contributed by atoms with Crippen LogP contribution >= 0.6 is 0 Å². The molecule has 102 valence electrons. The van der Waals surface area contributed by atoms with Gasteiger partial charge >= 0.3 is 6.09 Å². The van der Waals surface area contributed by atoms with Crippen LogP contribution in [-0.2, 0) is 4.74 Å². The molecule has 1 unspecified atom stereocenters. The number of likely N-dealkylation sites (tertiary alicyclic amines) is 1. The van der Waals surface area contributed by atoms with Gasteiger partial charge in [-0.3, -0.25) is 4.90 Å². The molecule has 0 aliphatic carbocycles. The SMILES string of the molecule is CN1CCC2(CCN(c3ccccc3O)C(=O)O2)C1. The number of phenols is 1. The van der Waals surface area contributed by atoms with E-state index in [4.69, 9.17) is 4.74 Å². The van der Waals surface area contributed by atoms with Gasteiger partial charge in [-0.05, 0) is 19.2 Å². The fourth-order valence-electron chi connectivity index (χ4n) is 2.94. The third-order valence-corrected chi connectivity index (χ3v) is 3.99. The largest absolute Gasteiger partial charge is 0.506 e. The molecular weight excluding hydrogens is 244 g/mol. The van der Waals surface area contributed by atoms with Gasteiger partial charge in [0.05, 0.1) is 5.69 Å². The Kier molecular flexibility index (Phi) is 2.86. The van der Waals surface area contributed by atoms with E-state index in [9.17, 15) is 9.90 Å². The lowest BCUT2D eigenvalue weighted by Crippen LogP contribution is -2.50. The van der Waals surface area contributed by atoms with Crippen molar-refractivity contribution in [2.75, 3.05) is 31.6 Å². The molecule has 5 heteroatoms. The van der Waals surface area contributed by atoms with Crippen molar-refractivity contribution in [3.63, 3.8) is 0 Å². The zero-order valence-electron chi connectivity index (χ0n) is 11.0. The number of phenolic OH excluding ortho intramolecular Hbond substituents is 1. The van der Waals surface area contributed by atoms with Crippen LogP contribution in [0.5, 0.6) is 5.75 Å². The summed E-state index contributed by atoms with van der Waals surface area (Å²) >= 11 is 0. The van der Waals surface area contributed by atoms with Crippen LogP contribution in [0.15, 0.2) is 24.3 Å². The number of nitrogens with zero attached hydrogens (tertiary/aromatic N) is 2. The molecule has 2 fully saturated rings. The number of hydrogen-bond acceptors (Lipinski definition) is 4. The van der Waals surface area contributed by atoms with Gasteiger partial charge in [-0.1, -0.05) is 12.1 Å². The Bertz CT molecular complexity index is 505. The summed E-state index contributed by atoms with van der Waals surface area (Å²) in [6.45, 7) is 2.35. The third-order valence-electron chi connectivity index (χ3n) is 3.99. The first-order valence-corrected chi connectivity index (χ1v) is 6.57. The maximum absolute atomic E-state index is 12.2. The second-order valence-corrected chi connectivity index (χ2v) is 5.43. The molecule has 2 heterocycles. The molecule has 1 aromatic rings. The van der Waals surface area contributed by atoms with E-state index in [0.717, 1.165) is 25.9 Å². The number of carbonyl (C=O) groups excluding carboxylic acids is 1. The molecule has 5 nitrogen and oxygen atoms in total. The molecule has 1 amide bonds. The number of amides is 1. The maximum atomic E-state index is 12.2. The summed E-state index contributed by atoms with van der Waals surface area (Å²) < 4.78 is 5.66. The normalized spacial score (nSPS) is 27.8. The van der Waals surface area contributed by atoms with Crippen LogP contribution in [0, 0.1) is 0 Å². The van der Waals surface area contributed by atoms with Crippen LogP contribution in [0.25, 0.3) is 0 Å². The van der Waals surface area contributed by atoms with Crippen molar-refractivity contribution in [2.24, 2.45) is 0 Å². The monoisotopic (exact) mass is 262 g/mol. The lowest BCUT2D eigenvalue weighted by molar-refractivity contribution is 0.00423. The Hall–Kier alpha value is -1.75. The number of hydrogen-bond donors (Lipinski definition) is 1. The molecule has 1 N–H and O–H groups in total. The van der Waals surface area contributed by atoms with Gasteiger partial charge in [0, 0.05) is 32.5 Å². The van der Waals surface area contributed by atoms with E-state index in [1.54, 1.807) is 24.3 Å². The highest BCUT2D eigenvalue weighted by Gasteiger charge is 2.45. The minimum absolute atomic E-state index is 0.110. The van der Waals surface area contributed by atoms with Crippen LogP contribution in [0.4, 0.5) is 10.5 Å². The molecule has 0 radical (unpaired) electrons. The van der Waals surface area contributed by atoms with Crippen molar-refractivity contribution in [1.82, 2.24) is 4.90 Å². The molecule has 0 saturated carbocycles. The zero-order valence-corrected chi connectivity index (χ0v) is 11.0. The van der Waals surface area contributed by atoms with Crippen molar-refractivity contribution >= 4 is 11.8 Å². The smallest absolute Gasteiger partial charge is 0.415 e. The summed E-state index contributed by atoms with van der Waals surface area (Å²) in [6.07, 6.45) is 1.34. The van der Waals surface area contributed by atoms with E-state index in [2.05, 4.69) is 4.90 Å². The summed E-state index contributed by atoms with van der Waals surface area (Å²) in [5.74, 6) is 0.110. The van der Waals surface area contributed by atoms with Gasteiger partial charge in [0.25, 0.3) is 0 Å². The molecule has 2 aliphatic heterocycles. The minimum atomic E-state index is -0.358. The second kappa shape index (κ2) is 4.42. The number of aromatic hydroxyl groups is 1. The molecule has 0 bridgehead atoms. The molecule has 1 spiro atoms. The Balaban J connectivity index is 1.79. The number of likely N-dealkylation sites (N-methyl/N-ethyl adjacent to an activating group) is 1. The number of ether oxygens (including phenoxy) is 1. The first-order valence-electron chi connectivity index (χ1n) is 6.57. The van der Waals surface area contributed by atoms with Gasteiger partial charge < -0.3 is 14.7 Å². The van der Waals surface area contributed by atoms with Gasteiger partial charge in [-0.25, -0.2) is 4.79 Å². The lowest BCUT2D eigenvalue weighted by atomic mass is 9.96. The van der Waals surface area contributed by atoms with Gasteiger partial charge in [0.2, 0.25) is 0 Å². The number of para-hydroxylation sites is 2. The number of anilines is 1. The van der Waals surface area contributed by atoms with Crippen LogP contribution in [0.2, 0.25) is 0 Å². The van der Waals surface area contributed by atoms with Crippen molar-refractivity contribution in [3.8, 4) is 5.75 Å². The molecule has 0 aromatic heterocycles. The van der Waals surface area contributed by atoms with Crippen molar-refractivity contribution in [2.45, 2.75) is 18.4 Å². The second-order valence-electron chi connectivity index (χ2n) is 5.43. The summed E-state index contributed by atoms with van der Waals surface area (Å²) in [5, 5.41) is 9.82. The maximum Gasteiger partial charge on any atom is 0.415 e. The highest BCUT2D eigenvalue weighted by Crippen LogP contribution is 2.36. The third kappa shape index (κ3) is 2.14. The van der Waals surface area contributed by atoms with E-state index in [1.165, 1.54) is 4.90 Å². The van der Waals surface area contributed by atoms with Crippen LogP contribution in [0.3, 0.4) is 0 Å². The molecule has 1 aromatic carbocycles. The molecule has 19 heavy (non-hydrogen) atoms. The Morgan fingerprint density at radius 1 is 1.26 bits per heavy atom. The number of benzene rings is 1. The lowest BCUT2D eigenvalue weighted by Gasteiger charge is -2.38. The Morgan fingerprint density at radius 3 is 2.63 bits per heavy atom. The summed E-state index contributed by atoms with van der Waals surface area (Å²) in [4.78, 5) is 15.9. The minimum Gasteiger partial charge on any atom is -0.506 e. The zero-order chi connectivity index (χ0) is 13.5. The van der Waals surface area contributed by atoms with Gasteiger partial charge in [0.1, 0.15) is 11.4 Å². The average molecular weight is 262 g/mol. The Labute approximate surface area is 112 Å². The average Bonchev–Trinajstić information content (AvgIpc) is 2.72. The summed E-state index contributed by atoms with van der Waals surface area (Å²) in [7, 11) is 2.04. The summed E-state index contributed by atoms with van der Waals surface area (Å²) in [5.41, 5.74) is 0.195. The van der Waals surface area contributed by atoms with Gasteiger partial charge in [0.15, 0.2) is 0 Å². The van der Waals surface area contributed by atoms with Crippen LogP contribution < -0.4 is 4.90 Å². The predicted molar refractivity (Wildman–Crippen MR) is 71.4 cm³/mol. The van der Waals surface area contributed by atoms with E-state index >= 15 is 0 Å².